The van der Waals surface area contributed by atoms with E-state index in [0.717, 1.165) is 5.75 Å². The van der Waals surface area contributed by atoms with Gasteiger partial charge in [-0.05, 0) is 29.8 Å². The van der Waals surface area contributed by atoms with Crippen molar-refractivity contribution >= 4 is 11.9 Å². The Kier molecular flexibility index (Phi) is 5.30. The molecule has 6 nitrogen and oxygen atoms in total. The molecule has 0 radical (unpaired) electrons. The normalized spacial score (nSPS) is 19.4. The van der Waals surface area contributed by atoms with Crippen molar-refractivity contribution in [2.75, 3.05) is 13.2 Å². The van der Waals surface area contributed by atoms with Gasteiger partial charge in [-0.3, -0.25) is 9.59 Å². The van der Waals surface area contributed by atoms with E-state index in [9.17, 15) is 9.59 Å². The van der Waals surface area contributed by atoms with Crippen LogP contribution < -0.4 is 10.1 Å². The van der Waals surface area contributed by atoms with Crippen molar-refractivity contribution in [2.24, 2.45) is 0 Å². The molecule has 1 aliphatic rings. The smallest absolute Gasteiger partial charge is 0.307 e. The first-order valence-corrected chi connectivity index (χ1v) is 8.03. The summed E-state index contributed by atoms with van der Waals surface area (Å²) in [6.07, 6.45) is -0.388. The summed E-state index contributed by atoms with van der Waals surface area (Å²) < 4.78 is 11.3. The molecule has 2 N–H and O–H groups in total. The molecule has 0 aliphatic carbocycles. The molecule has 0 aromatic heterocycles. The summed E-state index contributed by atoms with van der Waals surface area (Å²) in [5, 5.41) is 11.8. The van der Waals surface area contributed by atoms with Crippen LogP contribution >= 0.6 is 0 Å². The molecule has 6 heteroatoms. The summed E-state index contributed by atoms with van der Waals surface area (Å²) in [4.78, 5) is 23.3. The number of nitrogens with one attached hydrogen (secondary N) is 1. The van der Waals surface area contributed by atoms with Gasteiger partial charge in [0.2, 0.25) is 0 Å². The van der Waals surface area contributed by atoms with E-state index in [1.165, 1.54) is 0 Å². The average molecular weight is 341 g/mol. The fourth-order valence-corrected chi connectivity index (χ4v) is 2.71. The quantitative estimate of drug-likeness (QED) is 0.838. The largest absolute Gasteiger partial charge is 0.486 e. The van der Waals surface area contributed by atoms with E-state index in [4.69, 9.17) is 14.6 Å². The van der Waals surface area contributed by atoms with E-state index >= 15 is 0 Å². The number of aliphatic carboxylic acids is 1. The van der Waals surface area contributed by atoms with Crippen LogP contribution in [0.15, 0.2) is 54.6 Å². The van der Waals surface area contributed by atoms with E-state index in [-0.39, 0.29) is 24.5 Å². The van der Waals surface area contributed by atoms with Crippen molar-refractivity contribution < 1.29 is 24.2 Å². The van der Waals surface area contributed by atoms with Gasteiger partial charge in [0, 0.05) is 5.56 Å². The molecule has 3 rings (SSSR count). The predicted octanol–water partition coefficient (Wildman–Crippen LogP) is 1.89. The molecule has 1 heterocycles. The topological polar surface area (TPSA) is 84.9 Å². The summed E-state index contributed by atoms with van der Waals surface area (Å²) in [6, 6.07) is 15.7. The molecule has 25 heavy (non-hydrogen) atoms. The minimum atomic E-state index is -0.932. The van der Waals surface area contributed by atoms with Gasteiger partial charge in [0.05, 0.1) is 25.7 Å². The molecule has 2 aromatic rings. The highest BCUT2D eigenvalue weighted by Crippen LogP contribution is 2.17. The Morgan fingerprint density at radius 2 is 1.92 bits per heavy atom. The average Bonchev–Trinajstić information content (AvgIpc) is 3.02. The fourth-order valence-electron chi connectivity index (χ4n) is 2.71. The molecule has 0 spiro atoms. The van der Waals surface area contributed by atoms with Gasteiger partial charge in [0.25, 0.3) is 5.91 Å². The molecule has 0 unspecified atom stereocenters. The first-order valence-electron chi connectivity index (χ1n) is 8.03. The summed E-state index contributed by atoms with van der Waals surface area (Å²) in [6.45, 7) is 0.775. The Morgan fingerprint density at radius 3 is 2.68 bits per heavy atom. The van der Waals surface area contributed by atoms with Crippen LogP contribution in [0.4, 0.5) is 0 Å². The van der Waals surface area contributed by atoms with E-state index in [2.05, 4.69) is 5.32 Å². The summed E-state index contributed by atoms with van der Waals surface area (Å²) >= 11 is 0. The number of carboxylic acids is 1. The second-order valence-corrected chi connectivity index (χ2v) is 5.86. The van der Waals surface area contributed by atoms with E-state index in [1.54, 1.807) is 24.3 Å². The van der Waals surface area contributed by atoms with Gasteiger partial charge < -0.3 is 19.9 Å². The number of carbonyl (C=O) groups excluding carboxylic acids is 1. The summed E-state index contributed by atoms with van der Waals surface area (Å²) in [5.74, 6) is -0.483. The number of rotatable bonds is 6. The third-order valence-corrected chi connectivity index (χ3v) is 3.92. The van der Waals surface area contributed by atoms with Crippen LogP contribution in [0.3, 0.4) is 0 Å². The molecule has 1 saturated heterocycles. The highest BCUT2D eigenvalue weighted by Gasteiger charge is 2.31. The zero-order chi connectivity index (χ0) is 17.6. The van der Waals surface area contributed by atoms with Crippen molar-refractivity contribution in [1.29, 1.82) is 0 Å². The van der Waals surface area contributed by atoms with Crippen molar-refractivity contribution in [3.8, 4) is 5.75 Å². The monoisotopic (exact) mass is 341 g/mol. The standard InChI is InChI=1S/C19H19NO5/c21-18(22)10-13-5-4-6-14(9-13)19(23)20-16-11-24-12-17(16)25-15-7-2-1-3-8-15/h1-9,16-17H,10-12H2,(H,20,23)(H,21,22)/t16-,17+/m1/s1. The third kappa shape index (κ3) is 4.58. The maximum Gasteiger partial charge on any atom is 0.307 e. The highest BCUT2D eigenvalue weighted by atomic mass is 16.5. The number of carboxylic acid groups (broad SMARTS) is 1. The number of hydrogen-bond donors (Lipinski definition) is 2. The second-order valence-electron chi connectivity index (χ2n) is 5.86. The fraction of sp³-hybridized carbons (Fsp3) is 0.263. The molecule has 0 saturated carbocycles. The molecule has 130 valence electrons. The van der Waals surface area contributed by atoms with Gasteiger partial charge in [-0.2, -0.15) is 0 Å². The lowest BCUT2D eigenvalue weighted by Gasteiger charge is -2.20. The molecule has 1 fully saturated rings. The van der Waals surface area contributed by atoms with Crippen LogP contribution in [0.1, 0.15) is 15.9 Å². The minimum absolute atomic E-state index is 0.118. The number of benzene rings is 2. The molecular formula is C19H19NO5. The SMILES string of the molecule is O=C(O)Cc1cccc(C(=O)N[C@@H]2COC[C@@H]2Oc2ccccc2)c1. The van der Waals surface area contributed by atoms with Crippen LogP contribution in [-0.2, 0) is 16.0 Å². The Labute approximate surface area is 145 Å². The number of para-hydroxylation sites is 1. The predicted molar refractivity (Wildman–Crippen MR) is 90.7 cm³/mol. The van der Waals surface area contributed by atoms with E-state index in [1.807, 2.05) is 30.3 Å². The van der Waals surface area contributed by atoms with Crippen LogP contribution in [0.25, 0.3) is 0 Å². The Balaban J connectivity index is 1.64. The Bertz CT molecular complexity index is 746. The number of hydrogen-bond acceptors (Lipinski definition) is 4. The van der Waals surface area contributed by atoms with E-state index < -0.39 is 5.97 Å². The lowest BCUT2D eigenvalue weighted by molar-refractivity contribution is -0.136. The Hall–Kier alpha value is -2.86. The third-order valence-electron chi connectivity index (χ3n) is 3.92. The van der Waals surface area contributed by atoms with Crippen molar-refractivity contribution in [3.05, 3.63) is 65.7 Å². The van der Waals surface area contributed by atoms with Crippen molar-refractivity contribution in [2.45, 2.75) is 18.6 Å². The van der Waals surface area contributed by atoms with Crippen LogP contribution in [0, 0.1) is 0 Å². The molecule has 1 amide bonds. The first kappa shape index (κ1) is 17.0. The zero-order valence-electron chi connectivity index (χ0n) is 13.6. The molecule has 2 atom stereocenters. The first-order chi connectivity index (χ1) is 12.1. The number of ether oxygens (including phenoxy) is 2. The highest BCUT2D eigenvalue weighted by molar-refractivity contribution is 5.94. The number of carbonyl (C=O) groups is 2. The van der Waals surface area contributed by atoms with Crippen LogP contribution in [0.2, 0.25) is 0 Å². The van der Waals surface area contributed by atoms with Gasteiger partial charge in [0.1, 0.15) is 11.9 Å². The lowest BCUT2D eigenvalue weighted by Crippen LogP contribution is -2.45. The van der Waals surface area contributed by atoms with Gasteiger partial charge in [0.15, 0.2) is 0 Å². The number of amides is 1. The van der Waals surface area contributed by atoms with Crippen molar-refractivity contribution in [3.63, 3.8) is 0 Å². The molecular weight excluding hydrogens is 322 g/mol. The summed E-state index contributed by atoms with van der Waals surface area (Å²) in [5.41, 5.74) is 1.00. The molecule has 2 aromatic carbocycles. The van der Waals surface area contributed by atoms with E-state index in [0.29, 0.717) is 24.3 Å². The maximum atomic E-state index is 12.5. The molecule has 1 aliphatic heterocycles. The van der Waals surface area contributed by atoms with Crippen molar-refractivity contribution in [1.82, 2.24) is 5.32 Å². The van der Waals surface area contributed by atoms with Crippen LogP contribution in [0.5, 0.6) is 5.75 Å². The van der Waals surface area contributed by atoms with Gasteiger partial charge in [-0.1, -0.05) is 30.3 Å². The molecule has 0 bridgehead atoms. The summed E-state index contributed by atoms with van der Waals surface area (Å²) in [7, 11) is 0. The minimum Gasteiger partial charge on any atom is -0.486 e. The second kappa shape index (κ2) is 7.81. The van der Waals surface area contributed by atoms with Gasteiger partial charge in [-0.15, -0.1) is 0 Å². The Morgan fingerprint density at radius 1 is 1.12 bits per heavy atom. The maximum absolute atomic E-state index is 12.5. The zero-order valence-corrected chi connectivity index (χ0v) is 13.6. The lowest BCUT2D eigenvalue weighted by atomic mass is 10.1. The van der Waals surface area contributed by atoms with Gasteiger partial charge in [-0.25, -0.2) is 0 Å². The van der Waals surface area contributed by atoms with Gasteiger partial charge >= 0.3 is 5.97 Å². The van der Waals surface area contributed by atoms with Crippen LogP contribution in [-0.4, -0.2) is 42.3 Å².